The van der Waals surface area contributed by atoms with Crippen molar-refractivity contribution in [1.82, 2.24) is 4.90 Å². The predicted molar refractivity (Wildman–Crippen MR) is 81.8 cm³/mol. The number of rotatable bonds is 8. The SMILES string of the molecule is CC(c1ccc(F)c(F)c1)N(C)CC(O)COCc1ccco1. The maximum atomic E-state index is 13.3. The summed E-state index contributed by atoms with van der Waals surface area (Å²) >= 11 is 0. The maximum absolute atomic E-state index is 13.3. The minimum absolute atomic E-state index is 0.162. The Kier molecular flexibility index (Phi) is 6.27. The monoisotopic (exact) mass is 325 g/mol. The van der Waals surface area contributed by atoms with Crippen molar-refractivity contribution >= 4 is 0 Å². The third-order valence-corrected chi connectivity index (χ3v) is 3.72. The summed E-state index contributed by atoms with van der Waals surface area (Å²) in [4.78, 5) is 1.85. The fourth-order valence-corrected chi connectivity index (χ4v) is 2.26. The van der Waals surface area contributed by atoms with Crippen molar-refractivity contribution in [1.29, 1.82) is 0 Å². The number of ether oxygens (including phenoxy) is 1. The van der Waals surface area contributed by atoms with Gasteiger partial charge in [-0.15, -0.1) is 0 Å². The van der Waals surface area contributed by atoms with Gasteiger partial charge in [0.15, 0.2) is 11.6 Å². The molecule has 0 bridgehead atoms. The van der Waals surface area contributed by atoms with Crippen LogP contribution in [-0.4, -0.2) is 36.3 Å². The molecule has 2 rings (SSSR count). The highest BCUT2D eigenvalue weighted by Crippen LogP contribution is 2.21. The first kappa shape index (κ1) is 17.6. The van der Waals surface area contributed by atoms with Gasteiger partial charge in [0.05, 0.1) is 19.0 Å². The first-order valence-corrected chi connectivity index (χ1v) is 7.40. The van der Waals surface area contributed by atoms with Crippen LogP contribution in [0, 0.1) is 11.6 Å². The molecule has 126 valence electrons. The molecule has 6 heteroatoms. The van der Waals surface area contributed by atoms with Crippen LogP contribution in [0.1, 0.15) is 24.3 Å². The molecule has 2 atom stereocenters. The summed E-state index contributed by atoms with van der Waals surface area (Å²) in [5.41, 5.74) is 0.648. The van der Waals surface area contributed by atoms with E-state index in [1.165, 1.54) is 6.07 Å². The second-order valence-corrected chi connectivity index (χ2v) is 5.54. The van der Waals surface area contributed by atoms with Gasteiger partial charge < -0.3 is 14.3 Å². The number of likely N-dealkylation sites (N-methyl/N-ethyl adjacent to an activating group) is 1. The molecular weight excluding hydrogens is 304 g/mol. The van der Waals surface area contributed by atoms with Gasteiger partial charge in [0, 0.05) is 12.6 Å². The third-order valence-electron chi connectivity index (χ3n) is 3.72. The minimum atomic E-state index is -0.870. The number of nitrogens with zero attached hydrogens (tertiary/aromatic N) is 1. The van der Waals surface area contributed by atoms with E-state index in [1.807, 2.05) is 18.9 Å². The summed E-state index contributed by atoms with van der Waals surface area (Å²) in [5, 5.41) is 10.0. The zero-order chi connectivity index (χ0) is 16.8. The van der Waals surface area contributed by atoms with E-state index in [0.717, 1.165) is 6.07 Å². The van der Waals surface area contributed by atoms with Crippen LogP contribution in [0.25, 0.3) is 0 Å². The highest BCUT2D eigenvalue weighted by Gasteiger charge is 2.17. The molecule has 0 amide bonds. The molecule has 0 radical (unpaired) electrons. The van der Waals surface area contributed by atoms with Crippen molar-refractivity contribution in [2.45, 2.75) is 25.7 Å². The Morgan fingerprint density at radius 2 is 2.04 bits per heavy atom. The number of hydrogen-bond donors (Lipinski definition) is 1. The Morgan fingerprint density at radius 1 is 1.26 bits per heavy atom. The molecule has 1 heterocycles. The largest absolute Gasteiger partial charge is 0.467 e. The van der Waals surface area contributed by atoms with E-state index in [4.69, 9.17) is 9.15 Å². The first-order chi connectivity index (χ1) is 11.0. The van der Waals surface area contributed by atoms with E-state index in [9.17, 15) is 13.9 Å². The van der Waals surface area contributed by atoms with Gasteiger partial charge in [-0.2, -0.15) is 0 Å². The molecule has 0 aliphatic carbocycles. The van der Waals surface area contributed by atoms with Crippen LogP contribution < -0.4 is 0 Å². The van der Waals surface area contributed by atoms with E-state index < -0.39 is 17.7 Å². The van der Waals surface area contributed by atoms with Crippen LogP contribution in [0.2, 0.25) is 0 Å². The van der Waals surface area contributed by atoms with E-state index in [1.54, 1.807) is 24.5 Å². The summed E-state index contributed by atoms with van der Waals surface area (Å²) in [5.74, 6) is -1.04. The second kappa shape index (κ2) is 8.19. The van der Waals surface area contributed by atoms with Crippen LogP contribution in [0.4, 0.5) is 8.78 Å². The number of aliphatic hydroxyl groups excluding tert-OH is 1. The zero-order valence-electron chi connectivity index (χ0n) is 13.2. The summed E-state index contributed by atoms with van der Waals surface area (Å²) in [6.45, 7) is 2.67. The number of benzene rings is 1. The Hall–Kier alpha value is -1.76. The van der Waals surface area contributed by atoms with Gasteiger partial charge in [0.2, 0.25) is 0 Å². The van der Waals surface area contributed by atoms with Crippen molar-refractivity contribution in [3.63, 3.8) is 0 Å². The first-order valence-electron chi connectivity index (χ1n) is 7.40. The van der Waals surface area contributed by atoms with E-state index >= 15 is 0 Å². The van der Waals surface area contributed by atoms with E-state index in [0.29, 0.717) is 24.5 Å². The lowest BCUT2D eigenvalue weighted by Crippen LogP contribution is -2.34. The van der Waals surface area contributed by atoms with Crippen LogP contribution in [0.3, 0.4) is 0 Å². The van der Waals surface area contributed by atoms with E-state index in [2.05, 4.69) is 0 Å². The van der Waals surface area contributed by atoms with Crippen molar-refractivity contribution in [3.8, 4) is 0 Å². The molecule has 1 aromatic heterocycles. The fraction of sp³-hybridized carbons (Fsp3) is 0.412. The Balaban J connectivity index is 1.79. The molecule has 0 aliphatic heterocycles. The average Bonchev–Trinajstić information content (AvgIpc) is 3.02. The highest BCUT2D eigenvalue weighted by molar-refractivity contribution is 5.20. The lowest BCUT2D eigenvalue weighted by atomic mass is 10.1. The minimum Gasteiger partial charge on any atom is -0.467 e. The Bertz CT molecular complexity index is 604. The van der Waals surface area contributed by atoms with Gasteiger partial charge in [-0.25, -0.2) is 8.78 Å². The maximum Gasteiger partial charge on any atom is 0.159 e. The van der Waals surface area contributed by atoms with Crippen LogP contribution in [0.5, 0.6) is 0 Å². The molecule has 0 fully saturated rings. The molecule has 2 aromatic rings. The number of hydrogen-bond acceptors (Lipinski definition) is 4. The molecule has 0 aliphatic rings. The van der Waals surface area contributed by atoms with Gasteiger partial charge in [0.1, 0.15) is 12.4 Å². The quantitative estimate of drug-likeness (QED) is 0.810. The number of halogens is 2. The second-order valence-electron chi connectivity index (χ2n) is 5.54. The Labute approximate surface area is 134 Å². The van der Waals surface area contributed by atoms with E-state index in [-0.39, 0.29) is 12.6 Å². The summed E-state index contributed by atoms with van der Waals surface area (Å²) in [6, 6.07) is 7.23. The van der Waals surface area contributed by atoms with Crippen LogP contribution in [-0.2, 0) is 11.3 Å². The molecule has 1 N–H and O–H groups in total. The van der Waals surface area contributed by atoms with Gasteiger partial charge in [-0.3, -0.25) is 4.90 Å². The Morgan fingerprint density at radius 3 is 2.70 bits per heavy atom. The molecule has 0 saturated heterocycles. The number of furan rings is 1. The summed E-state index contributed by atoms with van der Waals surface area (Å²) in [7, 11) is 1.81. The topological polar surface area (TPSA) is 45.8 Å². The third kappa shape index (κ3) is 5.13. The van der Waals surface area contributed by atoms with Crippen LogP contribution in [0.15, 0.2) is 41.0 Å². The summed E-state index contributed by atoms with van der Waals surface area (Å²) < 4.78 is 36.8. The normalized spacial score (nSPS) is 14.2. The standard InChI is InChI=1S/C17H21F2NO3/c1-12(13-5-6-16(18)17(19)8-13)20(2)9-14(21)10-22-11-15-4-3-7-23-15/h3-8,12,14,21H,9-11H2,1-2H3. The van der Waals surface area contributed by atoms with Gasteiger partial charge in [-0.1, -0.05) is 6.07 Å². The van der Waals surface area contributed by atoms with Crippen LogP contribution >= 0.6 is 0 Å². The average molecular weight is 325 g/mol. The predicted octanol–water partition coefficient (Wildman–Crippen LogP) is 3.13. The smallest absolute Gasteiger partial charge is 0.159 e. The lowest BCUT2D eigenvalue weighted by molar-refractivity contribution is 0.00383. The molecule has 0 saturated carbocycles. The lowest BCUT2D eigenvalue weighted by Gasteiger charge is -2.27. The molecule has 23 heavy (non-hydrogen) atoms. The molecular formula is C17H21F2NO3. The highest BCUT2D eigenvalue weighted by atomic mass is 19.2. The van der Waals surface area contributed by atoms with Crippen molar-refractivity contribution in [2.75, 3.05) is 20.2 Å². The molecule has 0 spiro atoms. The fourth-order valence-electron chi connectivity index (χ4n) is 2.26. The molecule has 4 nitrogen and oxygen atoms in total. The van der Waals surface area contributed by atoms with Crippen molar-refractivity contribution in [3.05, 3.63) is 59.6 Å². The molecule has 2 unspecified atom stereocenters. The zero-order valence-corrected chi connectivity index (χ0v) is 13.2. The van der Waals surface area contributed by atoms with Gasteiger partial charge >= 0.3 is 0 Å². The van der Waals surface area contributed by atoms with Crippen molar-refractivity contribution < 1.29 is 23.0 Å². The molecule has 1 aromatic carbocycles. The van der Waals surface area contributed by atoms with Gasteiger partial charge in [-0.05, 0) is 43.8 Å². The van der Waals surface area contributed by atoms with Crippen molar-refractivity contribution in [2.24, 2.45) is 0 Å². The van der Waals surface area contributed by atoms with Gasteiger partial charge in [0.25, 0.3) is 0 Å². The summed E-state index contributed by atoms with van der Waals surface area (Å²) in [6.07, 6.45) is 0.870. The number of aliphatic hydroxyl groups is 1.